The Hall–Kier alpha value is -1.11. The second-order valence-electron chi connectivity index (χ2n) is 5.21. The molecule has 3 rings (SSSR count). The van der Waals surface area contributed by atoms with Crippen LogP contribution in [0.15, 0.2) is 0 Å². The molecule has 0 aliphatic carbocycles. The molecule has 1 saturated heterocycles. The molecule has 7 heteroatoms. The summed E-state index contributed by atoms with van der Waals surface area (Å²) in [5.74, 6) is -0.307. The second kappa shape index (κ2) is 7.24. The molecule has 118 valence electrons. The maximum absolute atomic E-state index is 12.1. The Bertz CT molecular complexity index is 498. The van der Waals surface area contributed by atoms with E-state index in [1.807, 2.05) is 6.92 Å². The third kappa shape index (κ3) is 3.22. The van der Waals surface area contributed by atoms with Gasteiger partial charge in [-0.25, -0.2) is 4.79 Å². The van der Waals surface area contributed by atoms with Crippen molar-refractivity contribution < 1.29 is 14.3 Å². The highest BCUT2D eigenvalue weighted by molar-refractivity contribution is 5.89. The van der Waals surface area contributed by atoms with E-state index in [1.54, 1.807) is 0 Å². The lowest BCUT2D eigenvalue weighted by molar-refractivity contribution is 0.0511. The Kier molecular flexibility index (Phi) is 5.61. The number of aromatic nitrogens is 2. The minimum Gasteiger partial charge on any atom is -0.461 e. The quantitative estimate of drug-likeness (QED) is 0.856. The summed E-state index contributed by atoms with van der Waals surface area (Å²) in [5, 5.41) is 7.89. The molecule has 0 amide bonds. The van der Waals surface area contributed by atoms with Crippen molar-refractivity contribution in [3.63, 3.8) is 0 Å². The Morgan fingerprint density at radius 1 is 1.48 bits per heavy atom. The fraction of sp³-hybridized carbons (Fsp3) is 0.714. The number of esters is 1. The zero-order chi connectivity index (χ0) is 13.9. The van der Waals surface area contributed by atoms with Crippen LogP contribution in [0, 0.1) is 0 Å². The van der Waals surface area contributed by atoms with Gasteiger partial charge in [-0.3, -0.25) is 4.68 Å². The first-order chi connectivity index (χ1) is 9.81. The Morgan fingerprint density at radius 2 is 2.24 bits per heavy atom. The molecule has 21 heavy (non-hydrogen) atoms. The standard InChI is InChI=1S/C14H21N3O3.ClH/c1-2-20-14(18)13-11-9-15-6-3-12(11)17(16-13)10-4-7-19-8-5-10;/h10,15H,2-9H2,1H3;1H. The molecule has 3 heterocycles. The molecule has 1 N–H and O–H groups in total. The Labute approximate surface area is 130 Å². The smallest absolute Gasteiger partial charge is 0.359 e. The van der Waals surface area contributed by atoms with E-state index in [1.165, 1.54) is 5.69 Å². The molecule has 1 aromatic rings. The molecule has 2 aliphatic rings. The van der Waals surface area contributed by atoms with Crippen LogP contribution in [0.3, 0.4) is 0 Å². The molecule has 1 fully saturated rings. The van der Waals surface area contributed by atoms with Crippen molar-refractivity contribution >= 4 is 18.4 Å². The molecule has 0 radical (unpaired) electrons. The molecule has 0 aromatic carbocycles. The van der Waals surface area contributed by atoms with Crippen LogP contribution in [0.5, 0.6) is 0 Å². The summed E-state index contributed by atoms with van der Waals surface area (Å²) in [4.78, 5) is 12.1. The first kappa shape index (κ1) is 16.3. The lowest BCUT2D eigenvalue weighted by Crippen LogP contribution is -2.28. The Morgan fingerprint density at radius 3 is 2.95 bits per heavy atom. The summed E-state index contributed by atoms with van der Waals surface area (Å²) >= 11 is 0. The topological polar surface area (TPSA) is 65.4 Å². The van der Waals surface area contributed by atoms with E-state index in [0.717, 1.165) is 44.6 Å². The van der Waals surface area contributed by atoms with E-state index in [9.17, 15) is 4.79 Å². The molecular formula is C14H22ClN3O3. The second-order valence-corrected chi connectivity index (χ2v) is 5.21. The van der Waals surface area contributed by atoms with E-state index < -0.39 is 0 Å². The van der Waals surface area contributed by atoms with Gasteiger partial charge in [-0.05, 0) is 19.8 Å². The molecule has 0 spiro atoms. The van der Waals surface area contributed by atoms with Crippen molar-refractivity contribution in [1.29, 1.82) is 0 Å². The van der Waals surface area contributed by atoms with Crippen LogP contribution in [-0.2, 0) is 22.4 Å². The number of halogens is 1. The molecule has 0 atom stereocenters. The van der Waals surface area contributed by atoms with Crippen LogP contribution in [0.4, 0.5) is 0 Å². The van der Waals surface area contributed by atoms with E-state index in [0.29, 0.717) is 24.9 Å². The summed E-state index contributed by atoms with van der Waals surface area (Å²) in [7, 11) is 0. The number of rotatable bonds is 3. The van der Waals surface area contributed by atoms with Crippen molar-refractivity contribution in [3.8, 4) is 0 Å². The van der Waals surface area contributed by atoms with Gasteiger partial charge in [0.25, 0.3) is 0 Å². The van der Waals surface area contributed by atoms with Gasteiger partial charge in [0.05, 0.1) is 12.6 Å². The Balaban J connectivity index is 0.00000161. The number of hydrogen-bond donors (Lipinski definition) is 1. The number of nitrogens with zero attached hydrogens (tertiary/aromatic N) is 2. The molecule has 0 saturated carbocycles. The molecule has 2 aliphatic heterocycles. The van der Waals surface area contributed by atoms with Crippen LogP contribution < -0.4 is 5.32 Å². The maximum atomic E-state index is 12.1. The van der Waals surface area contributed by atoms with Gasteiger partial charge in [0.15, 0.2) is 5.69 Å². The maximum Gasteiger partial charge on any atom is 0.359 e. The first-order valence-corrected chi connectivity index (χ1v) is 7.37. The van der Waals surface area contributed by atoms with Crippen LogP contribution >= 0.6 is 12.4 Å². The van der Waals surface area contributed by atoms with Gasteiger partial charge in [-0.1, -0.05) is 0 Å². The first-order valence-electron chi connectivity index (χ1n) is 7.37. The van der Waals surface area contributed by atoms with E-state index in [-0.39, 0.29) is 18.4 Å². The lowest BCUT2D eigenvalue weighted by Gasteiger charge is -2.25. The van der Waals surface area contributed by atoms with Gasteiger partial charge >= 0.3 is 5.97 Å². The fourth-order valence-corrected chi connectivity index (χ4v) is 2.97. The van der Waals surface area contributed by atoms with Gasteiger partial charge in [0.2, 0.25) is 0 Å². The number of hydrogen-bond acceptors (Lipinski definition) is 5. The largest absolute Gasteiger partial charge is 0.461 e. The van der Waals surface area contributed by atoms with Gasteiger partial charge in [-0.2, -0.15) is 5.10 Å². The van der Waals surface area contributed by atoms with E-state index in [2.05, 4.69) is 15.1 Å². The van der Waals surface area contributed by atoms with Crippen molar-refractivity contribution in [2.75, 3.05) is 26.4 Å². The fourth-order valence-electron chi connectivity index (χ4n) is 2.97. The molecule has 0 bridgehead atoms. The van der Waals surface area contributed by atoms with Crippen molar-refractivity contribution in [2.24, 2.45) is 0 Å². The molecule has 1 aromatic heterocycles. The third-order valence-corrected chi connectivity index (χ3v) is 3.96. The average molecular weight is 316 g/mol. The van der Waals surface area contributed by atoms with Gasteiger partial charge in [-0.15, -0.1) is 12.4 Å². The van der Waals surface area contributed by atoms with Gasteiger partial charge in [0.1, 0.15) is 0 Å². The molecular weight excluding hydrogens is 294 g/mol. The third-order valence-electron chi connectivity index (χ3n) is 3.96. The minimum atomic E-state index is -0.307. The van der Waals surface area contributed by atoms with Crippen molar-refractivity contribution in [3.05, 3.63) is 17.0 Å². The van der Waals surface area contributed by atoms with Gasteiger partial charge in [0, 0.05) is 44.0 Å². The van der Waals surface area contributed by atoms with Crippen LogP contribution in [0.2, 0.25) is 0 Å². The summed E-state index contributed by atoms with van der Waals surface area (Å²) in [6.45, 7) is 5.37. The summed E-state index contributed by atoms with van der Waals surface area (Å²) in [6.07, 6.45) is 2.84. The normalized spacial score (nSPS) is 18.7. The van der Waals surface area contributed by atoms with Crippen LogP contribution in [0.1, 0.15) is 47.6 Å². The number of carbonyl (C=O) groups excluding carboxylic acids is 1. The highest BCUT2D eigenvalue weighted by Crippen LogP contribution is 2.27. The number of nitrogens with one attached hydrogen (secondary N) is 1. The highest BCUT2D eigenvalue weighted by Gasteiger charge is 2.29. The van der Waals surface area contributed by atoms with Crippen LogP contribution in [-0.4, -0.2) is 42.1 Å². The monoisotopic (exact) mass is 315 g/mol. The zero-order valence-electron chi connectivity index (χ0n) is 12.3. The van der Waals surface area contributed by atoms with Crippen molar-refractivity contribution in [2.45, 2.75) is 38.8 Å². The minimum absolute atomic E-state index is 0. The lowest BCUT2D eigenvalue weighted by atomic mass is 10.0. The zero-order valence-corrected chi connectivity index (χ0v) is 13.1. The average Bonchev–Trinajstić information content (AvgIpc) is 2.88. The SMILES string of the molecule is CCOC(=O)c1nn(C2CCOCC2)c2c1CNCC2.Cl. The number of ether oxygens (including phenoxy) is 2. The van der Waals surface area contributed by atoms with Crippen molar-refractivity contribution in [1.82, 2.24) is 15.1 Å². The van der Waals surface area contributed by atoms with Gasteiger partial charge < -0.3 is 14.8 Å². The summed E-state index contributed by atoms with van der Waals surface area (Å²) in [6, 6.07) is 0.346. The molecule has 6 nitrogen and oxygen atoms in total. The predicted octanol–water partition coefficient (Wildman–Crippen LogP) is 1.48. The van der Waals surface area contributed by atoms with E-state index in [4.69, 9.17) is 9.47 Å². The number of fused-ring (bicyclic) bond motifs is 1. The predicted molar refractivity (Wildman–Crippen MR) is 79.9 cm³/mol. The summed E-state index contributed by atoms with van der Waals surface area (Å²) < 4.78 is 12.6. The number of carbonyl (C=O) groups is 1. The molecule has 0 unspecified atom stereocenters. The van der Waals surface area contributed by atoms with E-state index >= 15 is 0 Å². The van der Waals surface area contributed by atoms with Crippen LogP contribution in [0.25, 0.3) is 0 Å². The summed E-state index contributed by atoms with van der Waals surface area (Å²) in [5.41, 5.74) is 2.69. The highest BCUT2D eigenvalue weighted by atomic mass is 35.5.